The van der Waals surface area contributed by atoms with Crippen LogP contribution in [0.25, 0.3) is 0 Å². The lowest BCUT2D eigenvalue weighted by Crippen LogP contribution is -1.99. The number of nitrogens with zero attached hydrogens (tertiary/aromatic N) is 4. The molecule has 0 bridgehead atoms. The van der Waals surface area contributed by atoms with Gasteiger partial charge in [-0.15, -0.1) is 0 Å². The third-order valence-corrected chi connectivity index (χ3v) is 2.94. The molecule has 6 heteroatoms. The molecule has 0 fully saturated rings. The summed E-state index contributed by atoms with van der Waals surface area (Å²) in [6.45, 7) is 0.736. The van der Waals surface area contributed by atoms with Crippen molar-refractivity contribution in [1.29, 1.82) is 0 Å². The van der Waals surface area contributed by atoms with Crippen LogP contribution in [0.5, 0.6) is 0 Å². The van der Waals surface area contributed by atoms with Crippen molar-refractivity contribution in [2.45, 2.75) is 6.54 Å². The van der Waals surface area contributed by atoms with E-state index in [0.717, 1.165) is 12.2 Å². The first-order valence-corrected chi connectivity index (χ1v) is 6.33. The van der Waals surface area contributed by atoms with Gasteiger partial charge in [-0.25, -0.2) is 0 Å². The minimum absolute atomic E-state index is 0.614. The van der Waals surface area contributed by atoms with Gasteiger partial charge >= 0.3 is 0 Å². The van der Waals surface area contributed by atoms with Gasteiger partial charge in [0.1, 0.15) is 0 Å². The maximum absolute atomic E-state index is 5.85. The molecule has 0 aliphatic carbocycles. The molecule has 2 heterocycles. The zero-order valence-electron chi connectivity index (χ0n) is 11.2. The van der Waals surface area contributed by atoms with E-state index in [4.69, 9.17) is 5.73 Å². The van der Waals surface area contributed by atoms with Crippen molar-refractivity contribution in [2.75, 3.05) is 11.1 Å². The Morgan fingerprint density at radius 2 is 2.00 bits per heavy atom. The molecule has 2 aromatic heterocycles. The molecule has 0 spiro atoms. The lowest BCUT2D eigenvalue weighted by Gasteiger charge is -2.01. The Kier molecular flexibility index (Phi) is 3.12. The van der Waals surface area contributed by atoms with Crippen LogP contribution in [-0.2, 0) is 13.6 Å². The topological polar surface area (TPSA) is 73.7 Å². The Morgan fingerprint density at radius 3 is 2.70 bits per heavy atom. The number of hydrogen-bond donors (Lipinski definition) is 2. The Balaban J connectivity index is 1.72. The number of rotatable bonds is 4. The second-order valence-electron chi connectivity index (χ2n) is 4.64. The smallest absolute Gasteiger partial charge is 0.175 e. The molecule has 20 heavy (non-hydrogen) atoms. The van der Waals surface area contributed by atoms with Crippen molar-refractivity contribution in [3.63, 3.8) is 0 Å². The standard InChI is InChI=1S/C14H16N6/c1-19-10-13(15)14(18-19)17-12-7-16-20(9-12)8-11-5-3-2-4-6-11/h2-7,9-10H,8,15H2,1H3,(H,17,18). The number of nitrogen functional groups attached to an aromatic ring is 1. The Morgan fingerprint density at radius 1 is 1.20 bits per heavy atom. The van der Waals surface area contributed by atoms with Crippen molar-refractivity contribution >= 4 is 17.2 Å². The highest BCUT2D eigenvalue weighted by atomic mass is 15.3. The summed E-state index contributed by atoms with van der Waals surface area (Å²) in [5.41, 5.74) is 8.54. The monoisotopic (exact) mass is 268 g/mol. The summed E-state index contributed by atoms with van der Waals surface area (Å²) in [7, 11) is 1.83. The van der Waals surface area contributed by atoms with Gasteiger partial charge in [0, 0.05) is 19.4 Å². The number of aromatic nitrogens is 4. The molecule has 3 N–H and O–H groups in total. The molecular weight excluding hydrogens is 252 g/mol. The molecule has 3 aromatic rings. The van der Waals surface area contributed by atoms with E-state index >= 15 is 0 Å². The molecule has 6 nitrogen and oxygen atoms in total. The van der Waals surface area contributed by atoms with Gasteiger partial charge in [0.05, 0.1) is 24.1 Å². The Hall–Kier alpha value is -2.76. The highest BCUT2D eigenvalue weighted by Crippen LogP contribution is 2.20. The van der Waals surface area contributed by atoms with Crippen LogP contribution in [0, 0.1) is 0 Å². The summed E-state index contributed by atoms with van der Waals surface area (Å²) >= 11 is 0. The van der Waals surface area contributed by atoms with Crippen molar-refractivity contribution < 1.29 is 0 Å². The number of nitrogens with one attached hydrogen (secondary N) is 1. The molecule has 0 saturated carbocycles. The molecule has 0 saturated heterocycles. The van der Waals surface area contributed by atoms with Crippen molar-refractivity contribution in [3.8, 4) is 0 Å². The third-order valence-electron chi connectivity index (χ3n) is 2.94. The normalized spacial score (nSPS) is 10.7. The highest BCUT2D eigenvalue weighted by molar-refractivity contribution is 5.67. The number of hydrogen-bond acceptors (Lipinski definition) is 4. The predicted molar refractivity (Wildman–Crippen MR) is 78.7 cm³/mol. The predicted octanol–water partition coefficient (Wildman–Crippen LogP) is 1.99. The number of benzene rings is 1. The highest BCUT2D eigenvalue weighted by Gasteiger charge is 2.06. The molecule has 0 aliphatic heterocycles. The summed E-state index contributed by atoms with van der Waals surface area (Å²) in [6.07, 6.45) is 5.45. The third kappa shape index (κ3) is 2.64. The van der Waals surface area contributed by atoms with Gasteiger partial charge in [-0.05, 0) is 5.56 Å². The summed E-state index contributed by atoms with van der Waals surface area (Å²) in [5.74, 6) is 0.645. The minimum atomic E-state index is 0.614. The van der Waals surface area contributed by atoms with Crippen LogP contribution in [0.15, 0.2) is 48.9 Å². The van der Waals surface area contributed by atoms with Crippen LogP contribution in [-0.4, -0.2) is 19.6 Å². The molecule has 102 valence electrons. The van der Waals surface area contributed by atoms with E-state index in [1.54, 1.807) is 17.1 Å². The van der Waals surface area contributed by atoms with E-state index in [-0.39, 0.29) is 0 Å². The Labute approximate surface area is 116 Å². The van der Waals surface area contributed by atoms with Crippen LogP contribution in [0.2, 0.25) is 0 Å². The fourth-order valence-electron chi connectivity index (χ4n) is 2.03. The minimum Gasteiger partial charge on any atom is -0.394 e. The first-order valence-electron chi connectivity index (χ1n) is 6.33. The Bertz CT molecular complexity index is 698. The van der Waals surface area contributed by atoms with E-state index < -0.39 is 0 Å². The van der Waals surface area contributed by atoms with Crippen LogP contribution in [0.1, 0.15) is 5.56 Å². The lowest BCUT2D eigenvalue weighted by atomic mass is 10.2. The van der Waals surface area contributed by atoms with Crippen molar-refractivity contribution in [3.05, 3.63) is 54.5 Å². The maximum atomic E-state index is 5.85. The lowest BCUT2D eigenvalue weighted by molar-refractivity contribution is 0.687. The fourth-order valence-corrected chi connectivity index (χ4v) is 2.03. The first kappa shape index (κ1) is 12.3. The van der Waals surface area contributed by atoms with Gasteiger partial charge in [-0.3, -0.25) is 9.36 Å². The van der Waals surface area contributed by atoms with Gasteiger partial charge in [0.15, 0.2) is 5.82 Å². The summed E-state index contributed by atoms with van der Waals surface area (Å²) in [5, 5.41) is 11.7. The first-order chi connectivity index (χ1) is 9.70. The number of aryl methyl sites for hydroxylation is 1. The second kappa shape index (κ2) is 5.08. The molecule has 0 radical (unpaired) electrons. The number of nitrogens with two attached hydrogens (primary N) is 1. The van der Waals surface area contributed by atoms with Crippen molar-refractivity contribution in [1.82, 2.24) is 19.6 Å². The van der Waals surface area contributed by atoms with E-state index in [9.17, 15) is 0 Å². The molecule has 0 atom stereocenters. The molecule has 0 aliphatic rings. The molecular formula is C14H16N6. The van der Waals surface area contributed by atoms with Crippen LogP contribution >= 0.6 is 0 Å². The van der Waals surface area contributed by atoms with E-state index in [0.29, 0.717) is 11.5 Å². The summed E-state index contributed by atoms with van der Waals surface area (Å²) in [4.78, 5) is 0. The maximum Gasteiger partial charge on any atom is 0.175 e. The zero-order valence-corrected chi connectivity index (χ0v) is 11.2. The van der Waals surface area contributed by atoms with Gasteiger partial charge < -0.3 is 11.1 Å². The molecule has 3 rings (SSSR count). The van der Waals surface area contributed by atoms with Gasteiger partial charge in [-0.2, -0.15) is 10.2 Å². The molecule has 0 unspecified atom stereocenters. The SMILES string of the molecule is Cn1cc(N)c(Nc2cnn(Cc3ccccc3)c2)n1. The fraction of sp³-hybridized carbons (Fsp3) is 0.143. The number of anilines is 3. The molecule has 0 amide bonds. The van der Waals surface area contributed by atoms with E-state index in [1.807, 2.05) is 36.1 Å². The molecule has 1 aromatic carbocycles. The van der Waals surface area contributed by atoms with Crippen LogP contribution in [0.3, 0.4) is 0 Å². The van der Waals surface area contributed by atoms with Gasteiger partial charge in [0.25, 0.3) is 0 Å². The summed E-state index contributed by atoms with van der Waals surface area (Å²) < 4.78 is 3.54. The van der Waals surface area contributed by atoms with Crippen LogP contribution in [0.4, 0.5) is 17.2 Å². The average molecular weight is 268 g/mol. The largest absolute Gasteiger partial charge is 0.394 e. The van der Waals surface area contributed by atoms with Crippen LogP contribution < -0.4 is 11.1 Å². The van der Waals surface area contributed by atoms with Crippen molar-refractivity contribution in [2.24, 2.45) is 7.05 Å². The second-order valence-corrected chi connectivity index (χ2v) is 4.64. The average Bonchev–Trinajstić information content (AvgIpc) is 2.98. The van der Waals surface area contributed by atoms with E-state index in [1.165, 1.54) is 5.56 Å². The van der Waals surface area contributed by atoms with Gasteiger partial charge in [-0.1, -0.05) is 30.3 Å². The zero-order chi connectivity index (χ0) is 13.9. The van der Waals surface area contributed by atoms with E-state index in [2.05, 4.69) is 27.6 Å². The quantitative estimate of drug-likeness (QED) is 0.759. The summed E-state index contributed by atoms with van der Waals surface area (Å²) in [6, 6.07) is 10.2. The van der Waals surface area contributed by atoms with Gasteiger partial charge in [0.2, 0.25) is 0 Å².